The maximum Gasteiger partial charge on any atom is 0.408 e. The molecule has 1 atom stereocenters. The van der Waals surface area contributed by atoms with Crippen LogP contribution in [0.1, 0.15) is 59.4 Å². The number of hydrogen-bond acceptors (Lipinski definition) is 4. The Kier molecular flexibility index (Phi) is 7.28. The second-order valence-electron chi connectivity index (χ2n) is 8.80. The third-order valence-corrected chi connectivity index (χ3v) is 4.59. The number of ether oxygens (including phenoxy) is 1. The van der Waals surface area contributed by atoms with E-state index in [1.54, 1.807) is 0 Å². The van der Waals surface area contributed by atoms with E-state index in [0.29, 0.717) is 18.9 Å². The summed E-state index contributed by atoms with van der Waals surface area (Å²) in [7, 11) is 0. The Labute approximate surface area is 163 Å². The number of rotatable bonds is 6. The lowest BCUT2D eigenvalue weighted by Gasteiger charge is -2.28. The number of hydrogen-bond donors (Lipinski definition) is 1. The van der Waals surface area contributed by atoms with Crippen molar-refractivity contribution in [2.75, 3.05) is 18.0 Å². The number of para-hydroxylation sites is 1. The number of fused-ring (bicyclic) bond motifs is 1. The van der Waals surface area contributed by atoms with Crippen molar-refractivity contribution in [2.45, 2.75) is 71.9 Å². The van der Waals surface area contributed by atoms with E-state index in [1.165, 1.54) is 5.56 Å². The molecule has 0 aromatic heterocycles. The van der Waals surface area contributed by atoms with Crippen molar-refractivity contribution in [3.8, 4) is 0 Å². The van der Waals surface area contributed by atoms with Gasteiger partial charge in [0.1, 0.15) is 5.60 Å². The van der Waals surface area contributed by atoms with Crippen LogP contribution in [0.5, 0.6) is 0 Å². The van der Waals surface area contributed by atoms with Crippen molar-refractivity contribution >= 4 is 17.6 Å². The fourth-order valence-corrected chi connectivity index (χ4v) is 3.42. The Balaban J connectivity index is 2.10. The zero-order valence-electron chi connectivity index (χ0n) is 17.4. The summed E-state index contributed by atoms with van der Waals surface area (Å²) in [5.41, 5.74) is 1.85. The van der Waals surface area contributed by atoms with E-state index < -0.39 is 17.7 Å². The van der Waals surface area contributed by atoms with Gasteiger partial charge in [0.15, 0.2) is 5.78 Å². The molecule has 0 unspecified atom stereocenters. The summed E-state index contributed by atoms with van der Waals surface area (Å²) in [6, 6.07) is 7.77. The summed E-state index contributed by atoms with van der Waals surface area (Å²) in [6.07, 6.45) is 3.32. The van der Waals surface area contributed by atoms with Crippen LogP contribution in [0.25, 0.3) is 0 Å². The summed E-state index contributed by atoms with van der Waals surface area (Å²) in [6.45, 7) is 10.7. The van der Waals surface area contributed by atoms with E-state index in [-0.39, 0.29) is 5.78 Å². The number of aryl methyl sites for hydroxylation is 1. The Morgan fingerprint density at radius 3 is 2.56 bits per heavy atom. The van der Waals surface area contributed by atoms with Gasteiger partial charge in [0.05, 0.1) is 12.6 Å². The van der Waals surface area contributed by atoms with Gasteiger partial charge in [-0.05, 0) is 64.0 Å². The summed E-state index contributed by atoms with van der Waals surface area (Å²) in [5, 5.41) is 2.80. The lowest BCUT2D eigenvalue weighted by molar-refractivity contribution is -0.120. The van der Waals surface area contributed by atoms with Crippen molar-refractivity contribution in [3.63, 3.8) is 0 Å². The van der Waals surface area contributed by atoms with Gasteiger partial charge in [0, 0.05) is 12.2 Å². The minimum atomic E-state index is -0.584. The van der Waals surface area contributed by atoms with Crippen LogP contribution in [0.4, 0.5) is 10.5 Å². The number of anilines is 1. The van der Waals surface area contributed by atoms with Gasteiger partial charge in [-0.3, -0.25) is 4.79 Å². The zero-order chi connectivity index (χ0) is 20.0. The smallest absolute Gasteiger partial charge is 0.408 e. The molecule has 1 N–H and O–H groups in total. The average molecular weight is 375 g/mol. The largest absolute Gasteiger partial charge is 0.444 e. The predicted molar refractivity (Wildman–Crippen MR) is 109 cm³/mol. The molecule has 0 aliphatic carbocycles. The highest BCUT2D eigenvalue weighted by atomic mass is 16.6. The first kappa shape index (κ1) is 21.3. The number of alkyl carbamates (subject to hydrolysis) is 1. The van der Waals surface area contributed by atoms with Crippen LogP contribution in [0.3, 0.4) is 0 Å². The number of nitrogens with one attached hydrogen (secondary N) is 1. The Bertz CT molecular complexity index is 649. The molecule has 0 spiro atoms. The Morgan fingerprint density at radius 2 is 1.89 bits per heavy atom. The van der Waals surface area contributed by atoms with Crippen LogP contribution >= 0.6 is 0 Å². The van der Waals surface area contributed by atoms with Crippen LogP contribution in [0, 0.1) is 5.92 Å². The maximum absolute atomic E-state index is 13.1. The number of carbonyl (C=O) groups is 2. The molecule has 1 amide bonds. The first-order valence-electron chi connectivity index (χ1n) is 10.0. The summed E-state index contributed by atoms with van der Waals surface area (Å²) >= 11 is 0. The summed E-state index contributed by atoms with van der Waals surface area (Å²) in [5.74, 6) is 0.330. The molecule has 2 rings (SSSR count). The zero-order valence-corrected chi connectivity index (χ0v) is 17.4. The maximum atomic E-state index is 13.1. The summed E-state index contributed by atoms with van der Waals surface area (Å²) in [4.78, 5) is 27.4. The average Bonchev–Trinajstić information content (AvgIpc) is 2.74. The lowest BCUT2D eigenvalue weighted by atomic mass is 9.99. The van der Waals surface area contributed by atoms with Gasteiger partial charge >= 0.3 is 6.09 Å². The molecule has 1 aliphatic heterocycles. The molecule has 1 aromatic rings. The number of amides is 1. The molecule has 5 nitrogen and oxygen atoms in total. The standard InChI is InChI=1S/C22H34N2O3/c1-16(2)14-18(23-21(26)27-22(3,4)5)20(25)15-24-13-9-8-11-17-10-6-7-12-19(17)24/h6-7,10,12,16,18H,8-9,11,13-15H2,1-5H3,(H,23,26)/t18-/m0/s1. The summed E-state index contributed by atoms with van der Waals surface area (Å²) < 4.78 is 5.35. The number of Topliss-reactive ketones (excluding diaryl/α,β-unsaturated/α-hetero) is 1. The van der Waals surface area contributed by atoms with Crippen LogP contribution in [0.15, 0.2) is 24.3 Å². The van der Waals surface area contributed by atoms with Crippen LogP contribution in [-0.4, -0.2) is 36.6 Å². The van der Waals surface area contributed by atoms with E-state index in [4.69, 9.17) is 4.74 Å². The fourth-order valence-electron chi connectivity index (χ4n) is 3.42. The minimum Gasteiger partial charge on any atom is -0.444 e. The second kappa shape index (κ2) is 9.25. The number of benzene rings is 1. The molecule has 150 valence electrons. The molecule has 27 heavy (non-hydrogen) atoms. The van der Waals surface area contributed by atoms with Crippen molar-refractivity contribution in [2.24, 2.45) is 5.92 Å². The Morgan fingerprint density at radius 1 is 1.19 bits per heavy atom. The highest BCUT2D eigenvalue weighted by Crippen LogP contribution is 2.26. The van der Waals surface area contributed by atoms with Gasteiger partial charge < -0.3 is 15.0 Å². The van der Waals surface area contributed by atoms with Crippen molar-refractivity contribution < 1.29 is 14.3 Å². The van der Waals surface area contributed by atoms with Crippen molar-refractivity contribution in [1.82, 2.24) is 5.32 Å². The van der Waals surface area contributed by atoms with Gasteiger partial charge in [-0.1, -0.05) is 32.0 Å². The van der Waals surface area contributed by atoms with Crippen LogP contribution in [0.2, 0.25) is 0 Å². The SMILES string of the molecule is CC(C)C[C@H](NC(=O)OC(C)(C)C)C(=O)CN1CCCCc2ccccc21. The number of carbonyl (C=O) groups excluding carboxylic acids is 2. The highest BCUT2D eigenvalue weighted by molar-refractivity contribution is 5.91. The number of nitrogens with zero attached hydrogens (tertiary/aromatic N) is 1. The molecule has 1 heterocycles. The van der Waals surface area contributed by atoms with Gasteiger partial charge in [0.2, 0.25) is 0 Å². The molecule has 1 aliphatic rings. The molecule has 0 radical (unpaired) electrons. The quantitative estimate of drug-likeness (QED) is 0.805. The molecule has 5 heteroatoms. The third kappa shape index (κ3) is 6.89. The minimum absolute atomic E-state index is 0.0336. The van der Waals surface area contributed by atoms with Gasteiger partial charge in [-0.15, -0.1) is 0 Å². The molecule has 0 saturated heterocycles. The molecule has 0 bridgehead atoms. The molecular weight excluding hydrogens is 340 g/mol. The Hall–Kier alpha value is -2.04. The monoisotopic (exact) mass is 374 g/mol. The first-order valence-corrected chi connectivity index (χ1v) is 10.0. The molecular formula is C22H34N2O3. The van der Waals surface area contributed by atoms with E-state index >= 15 is 0 Å². The van der Waals surface area contributed by atoms with Crippen LogP contribution < -0.4 is 10.2 Å². The van der Waals surface area contributed by atoms with Crippen LogP contribution in [-0.2, 0) is 16.0 Å². The number of ketones is 1. The normalized spacial score (nSPS) is 15.7. The van der Waals surface area contributed by atoms with Crippen molar-refractivity contribution in [1.29, 1.82) is 0 Å². The highest BCUT2D eigenvalue weighted by Gasteiger charge is 2.27. The first-order chi connectivity index (χ1) is 12.7. The van der Waals surface area contributed by atoms with E-state index in [9.17, 15) is 9.59 Å². The van der Waals surface area contributed by atoms with Gasteiger partial charge in [-0.2, -0.15) is 0 Å². The lowest BCUT2D eigenvalue weighted by Crippen LogP contribution is -2.47. The van der Waals surface area contributed by atoms with E-state index in [2.05, 4.69) is 42.3 Å². The van der Waals surface area contributed by atoms with Gasteiger partial charge in [0.25, 0.3) is 0 Å². The topological polar surface area (TPSA) is 58.6 Å². The predicted octanol–water partition coefficient (Wildman–Crippen LogP) is 4.34. The van der Waals surface area contributed by atoms with Gasteiger partial charge in [-0.25, -0.2) is 4.79 Å². The fraction of sp³-hybridized carbons (Fsp3) is 0.636. The van der Waals surface area contributed by atoms with E-state index in [1.807, 2.05) is 26.8 Å². The van der Waals surface area contributed by atoms with E-state index in [0.717, 1.165) is 31.5 Å². The van der Waals surface area contributed by atoms with Crippen molar-refractivity contribution in [3.05, 3.63) is 29.8 Å². The molecule has 0 saturated carbocycles. The second-order valence-corrected chi connectivity index (χ2v) is 8.80. The third-order valence-electron chi connectivity index (χ3n) is 4.59. The molecule has 1 aromatic carbocycles. The molecule has 0 fully saturated rings.